The van der Waals surface area contributed by atoms with Gasteiger partial charge in [-0.25, -0.2) is 12.8 Å². The van der Waals surface area contributed by atoms with Gasteiger partial charge >= 0.3 is 0 Å². The van der Waals surface area contributed by atoms with Crippen molar-refractivity contribution >= 4 is 21.8 Å². The summed E-state index contributed by atoms with van der Waals surface area (Å²) in [6.07, 6.45) is 5.00. The lowest BCUT2D eigenvalue weighted by Crippen LogP contribution is -2.53. The number of rotatable bonds is 6. The maximum atomic E-state index is 13.1. The topological polar surface area (TPSA) is 86.8 Å². The summed E-state index contributed by atoms with van der Waals surface area (Å²) >= 11 is 0. The maximum Gasteiger partial charge on any atom is 0.245 e. The minimum absolute atomic E-state index is 0.0217. The van der Waals surface area contributed by atoms with Gasteiger partial charge in [0.15, 0.2) is 0 Å². The Morgan fingerprint density at radius 3 is 2.06 bits per heavy atom. The number of benzene rings is 1. The molecule has 1 aromatic rings. The van der Waals surface area contributed by atoms with Crippen LogP contribution in [0.1, 0.15) is 52.4 Å². The van der Waals surface area contributed by atoms with Crippen molar-refractivity contribution in [2.75, 3.05) is 26.2 Å². The van der Waals surface area contributed by atoms with E-state index in [0.29, 0.717) is 12.8 Å². The third-order valence-corrected chi connectivity index (χ3v) is 8.34. The fraction of sp³-hybridized carbons (Fsp3) is 0.652. The molecule has 0 aromatic heterocycles. The molecule has 2 aliphatic heterocycles. The van der Waals surface area contributed by atoms with Crippen LogP contribution in [0.5, 0.6) is 0 Å². The van der Waals surface area contributed by atoms with E-state index in [1.165, 1.54) is 16.4 Å². The van der Waals surface area contributed by atoms with E-state index in [1.807, 2.05) is 18.7 Å². The first-order valence-corrected chi connectivity index (χ1v) is 13.0. The standard InChI is InChI=1S/C23H34FN3O4S/c1-17(2)21(23(29)26-13-5-3-4-6-14-26)25-22(28)18-11-15-27(16-12-18)32(30,31)20-9-7-19(24)8-10-20/h7-10,17-18,21H,3-6,11-16H2,1-2H3,(H,25,28)/t21-/m1/s1. The number of nitrogens with one attached hydrogen (secondary N) is 1. The highest BCUT2D eigenvalue weighted by atomic mass is 32.2. The number of carbonyl (C=O) groups excluding carboxylic acids is 2. The van der Waals surface area contributed by atoms with Crippen molar-refractivity contribution in [2.45, 2.75) is 63.3 Å². The Morgan fingerprint density at radius 1 is 0.969 bits per heavy atom. The quantitative estimate of drug-likeness (QED) is 0.697. The minimum Gasteiger partial charge on any atom is -0.344 e. The van der Waals surface area contributed by atoms with Crippen molar-refractivity contribution in [1.82, 2.24) is 14.5 Å². The Labute approximate surface area is 190 Å². The zero-order valence-electron chi connectivity index (χ0n) is 18.9. The second kappa shape index (κ2) is 10.7. The van der Waals surface area contributed by atoms with Crippen molar-refractivity contribution in [2.24, 2.45) is 11.8 Å². The number of halogens is 1. The van der Waals surface area contributed by atoms with Gasteiger partial charge in [-0.2, -0.15) is 4.31 Å². The predicted octanol–water partition coefficient (Wildman–Crippen LogP) is 2.77. The molecule has 32 heavy (non-hydrogen) atoms. The van der Waals surface area contributed by atoms with Crippen molar-refractivity contribution in [3.8, 4) is 0 Å². The monoisotopic (exact) mass is 467 g/mol. The maximum absolute atomic E-state index is 13.1. The summed E-state index contributed by atoms with van der Waals surface area (Å²) in [6, 6.07) is 4.19. The van der Waals surface area contributed by atoms with E-state index < -0.39 is 21.9 Å². The Kier molecular flexibility index (Phi) is 8.27. The van der Waals surface area contributed by atoms with Crippen LogP contribution in [0, 0.1) is 17.7 Å². The molecule has 2 saturated heterocycles. The SMILES string of the molecule is CC(C)[C@@H](NC(=O)C1CCN(S(=O)(=O)c2ccc(F)cc2)CC1)C(=O)N1CCCCCC1. The average Bonchev–Trinajstić information content (AvgIpc) is 3.06. The fourth-order valence-electron chi connectivity index (χ4n) is 4.39. The van der Waals surface area contributed by atoms with E-state index in [2.05, 4.69) is 5.32 Å². The molecular formula is C23H34FN3O4S. The summed E-state index contributed by atoms with van der Waals surface area (Å²) in [6.45, 7) is 5.75. The summed E-state index contributed by atoms with van der Waals surface area (Å²) < 4.78 is 40.0. The lowest BCUT2D eigenvalue weighted by atomic mass is 9.95. The molecule has 2 heterocycles. The molecule has 0 bridgehead atoms. The average molecular weight is 468 g/mol. The van der Waals surface area contributed by atoms with Gasteiger partial charge in [-0.1, -0.05) is 26.7 Å². The number of carbonyl (C=O) groups is 2. The molecule has 0 spiro atoms. The molecule has 2 amide bonds. The van der Waals surface area contributed by atoms with E-state index >= 15 is 0 Å². The molecule has 1 aromatic carbocycles. The van der Waals surface area contributed by atoms with Gasteiger partial charge < -0.3 is 10.2 Å². The van der Waals surface area contributed by atoms with Crippen LogP contribution >= 0.6 is 0 Å². The summed E-state index contributed by atoms with van der Waals surface area (Å²) in [5.41, 5.74) is 0. The number of nitrogens with zero attached hydrogens (tertiary/aromatic N) is 2. The van der Waals surface area contributed by atoms with Gasteiger partial charge in [0.2, 0.25) is 21.8 Å². The van der Waals surface area contributed by atoms with Gasteiger partial charge in [-0.3, -0.25) is 9.59 Å². The Bertz CT molecular complexity index is 888. The fourth-order valence-corrected chi connectivity index (χ4v) is 5.86. The molecule has 0 aliphatic carbocycles. The zero-order valence-corrected chi connectivity index (χ0v) is 19.7. The highest BCUT2D eigenvalue weighted by molar-refractivity contribution is 7.89. The molecule has 9 heteroatoms. The van der Waals surface area contributed by atoms with E-state index in [-0.39, 0.29) is 41.6 Å². The van der Waals surface area contributed by atoms with Crippen LogP contribution in [-0.2, 0) is 19.6 Å². The minimum atomic E-state index is -3.72. The molecule has 0 unspecified atom stereocenters. The van der Waals surface area contributed by atoms with Crippen molar-refractivity contribution in [1.29, 1.82) is 0 Å². The third-order valence-electron chi connectivity index (χ3n) is 6.42. The predicted molar refractivity (Wildman–Crippen MR) is 120 cm³/mol. The molecule has 2 fully saturated rings. The number of likely N-dealkylation sites (tertiary alicyclic amines) is 1. The van der Waals surface area contributed by atoms with Crippen molar-refractivity contribution in [3.63, 3.8) is 0 Å². The molecule has 178 valence electrons. The van der Waals surface area contributed by atoms with Crippen LogP contribution in [0.2, 0.25) is 0 Å². The molecule has 1 N–H and O–H groups in total. The molecule has 0 saturated carbocycles. The molecular weight excluding hydrogens is 433 g/mol. The van der Waals surface area contributed by atoms with E-state index in [9.17, 15) is 22.4 Å². The first-order valence-electron chi connectivity index (χ1n) is 11.5. The normalized spacial score (nSPS) is 20.1. The van der Waals surface area contributed by atoms with Crippen LogP contribution < -0.4 is 5.32 Å². The van der Waals surface area contributed by atoms with E-state index in [0.717, 1.165) is 50.9 Å². The molecule has 2 aliphatic rings. The number of hydrogen-bond donors (Lipinski definition) is 1. The number of amides is 2. The first kappa shape index (κ1) is 24.6. The highest BCUT2D eigenvalue weighted by Crippen LogP contribution is 2.25. The first-order chi connectivity index (χ1) is 15.2. The van der Waals surface area contributed by atoms with Crippen LogP contribution in [-0.4, -0.2) is 61.7 Å². The lowest BCUT2D eigenvalue weighted by molar-refractivity contribution is -0.139. The Morgan fingerprint density at radius 2 is 1.53 bits per heavy atom. The number of hydrogen-bond acceptors (Lipinski definition) is 4. The third kappa shape index (κ3) is 5.86. The summed E-state index contributed by atoms with van der Waals surface area (Å²) in [5, 5.41) is 2.96. The second-order valence-electron chi connectivity index (χ2n) is 9.10. The van der Waals surface area contributed by atoms with Crippen LogP contribution in [0.25, 0.3) is 0 Å². The van der Waals surface area contributed by atoms with Crippen molar-refractivity contribution in [3.05, 3.63) is 30.1 Å². The van der Waals surface area contributed by atoms with Crippen LogP contribution in [0.3, 0.4) is 0 Å². The van der Waals surface area contributed by atoms with Gasteiger partial charge in [-0.05, 0) is 55.9 Å². The molecule has 7 nitrogen and oxygen atoms in total. The largest absolute Gasteiger partial charge is 0.344 e. The second-order valence-corrected chi connectivity index (χ2v) is 11.0. The van der Waals surface area contributed by atoms with E-state index in [4.69, 9.17) is 0 Å². The zero-order chi connectivity index (χ0) is 23.3. The Hall–Kier alpha value is -2.00. The van der Waals surface area contributed by atoms with Gasteiger partial charge in [0.1, 0.15) is 11.9 Å². The lowest BCUT2D eigenvalue weighted by Gasteiger charge is -2.33. The molecule has 3 rings (SSSR count). The molecule has 0 radical (unpaired) electrons. The van der Waals surface area contributed by atoms with Crippen LogP contribution in [0.4, 0.5) is 4.39 Å². The Balaban J connectivity index is 1.58. The summed E-state index contributed by atoms with van der Waals surface area (Å²) in [4.78, 5) is 27.9. The summed E-state index contributed by atoms with van der Waals surface area (Å²) in [5.74, 6) is -1.08. The van der Waals surface area contributed by atoms with Gasteiger partial charge in [0.25, 0.3) is 0 Å². The highest BCUT2D eigenvalue weighted by Gasteiger charge is 2.35. The van der Waals surface area contributed by atoms with Crippen LogP contribution in [0.15, 0.2) is 29.2 Å². The van der Waals surface area contributed by atoms with Gasteiger partial charge in [-0.15, -0.1) is 0 Å². The van der Waals surface area contributed by atoms with Crippen molar-refractivity contribution < 1.29 is 22.4 Å². The summed E-state index contributed by atoms with van der Waals surface area (Å²) in [7, 11) is -3.72. The number of sulfonamides is 1. The smallest absolute Gasteiger partial charge is 0.245 e. The van der Waals surface area contributed by atoms with E-state index in [1.54, 1.807) is 0 Å². The number of piperidine rings is 1. The van der Waals surface area contributed by atoms with Gasteiger partial charge in [0.05, 0.1) is 4.90 Å². The molecule has 1 atom stereocenters. The van der Waals surface area contributed by atoms with Gasteiger partial charge in [0, 0.05) is 32.1 Å².